The van der Waals surface area contributed by atoms with Gasteiger partial charge >= 0.3 is 0 Å². The van der Waals surface area contributed by atoms with Gasteiger partial charge in [0.1, 0.15) is 0 Å². The number of benzene rings is 1. The second-order valence-corrected chi connectivity index (χ2v) is 5.87. The van der Waals surface area contributed by atoms with Crippen LogP contribution in [0, 0.1) is 0 Å². The van der Waals surface area contributed by atoms with Gasteiger partial charge in [-0.2, -0.15) is 0 Å². The SMILES string of the molecule is Nc1ccccc1NCCN(Cc1ccccn1)Cc1ccccn1. The van der Waals surface area contributed by atoms with Gasteiger partial charge < -0.3 is 11.1 Å². The molecular formula is C20H23N5. The number of anilines is 2. The molecule has 0 radical (unpaired) electrons. The lowest BCUT2D eigenvalue weighted by molar-refractivity contribution is 0.261. The van der Waals surface area contributed by atoms with Crippen LogP contribution in [0.15, 0.2) is 73.1 Å². The first kappa shape index (κ1) is 16.9. The van der Waals surface area contributed by atoms with E-state index in [9.17, 15) is 0 Å². The van der Waals surface area contributed by atoms with E-state index in [1.165, 1.54) is 0 Å². The van der Waals surface area contributed by atoms with E-state index in [2.05, 4.69) is 20.2 Å². The molecule has 25 heavy (non-hydrogen) atoms. The van der Waals surface area contributed by atoms with E-state index < -0.39 is 0 Å². The average Bonchev–Trinajstić information content (AvgIpc) is 2.65. The van der Waals surface area contributed by atoms with Crippen LogP contribution in [0.4, 0.5) is 11.4 Å². The molecule has 2 aromatic heterocycles. The normalized spacial score (nSPS) is 10.8. The zero-order valence-electron chi connectivity index (χ0n) is 14.2. The van der Waals surface area contributed by atoms with E-state index in [4.69, 9.17) is 5.73 Å². The lowest BCUT2D eigenvalue weighted by Gasteiger charge is -2.22. The Hall–Kier alpha value is -2.92. The third-order valence-electron chi connectivity index (χ3n) is 3.93. The molecule has 0 aliphatic rings. The van der Waals surface area contributed by atoms with Crippen LogP contribution in [-0.2, 0) is 13.1 Å². The molecule has 1 aromatic carbocycles. The fourth-order valence-corrected chi connectivity index (χ4v) is 2.66. The van der Waals surface area contributed by atoms with Crippen molar-refractivity contribution in [3.8, 4) is 0 Å². The van der Waals surface area contributed by atoms with Crippen molar-refractivity contribution in [2.45, 2.75) is 13.1 Å². The highest BCUT2D eigenvalue weighted by atomic mass is 15.2. The summed E-state index contributed by atoms with van der Waals surface area (Å²) in [4.78, 5) is 11.2. The van der Waals surface area contributed by atoms with Gasteiger partial charge in [-0.05, 0) is 36.4 Å². The number of rotatable bonds is 8. The second kappa shape index (κ2) is 8.80. The molecular weight excluding hydrogens is 310 g/mol. The number of hydrogen-bond acceptors (Lipinski definition) is 5. The van der Waals surface area contributed by atoms with E-state index in [0.29, 0.717) is 0 Å². The number of pyridine rings is 2. The molecule has 5 heteroatoms. The number of para-hydroxylation sites is 2. The topological polar surface area (TPSA) is 67.1 Å². The average molecular weight is 333 g/mol. The smallest absolute Gasteiger partial charge is 0.0574 e. The van der Waals surface area contributed by atoms with Gasteiger partial charge in [-0.3, -0.25) is 14.9 Å². The van der Waals surface area contributed by atoms with E-state index in [-0.39, 0.29) is 0 Å². The maximum Gasteiger partial charge on any atom is 0.0574 e. The standard InChI is InChI=1S/C20H23N5/c21-19-9-1-2-10-20(19)24-13-14-25(15-17-7-3-5-11-22-17)16-18-8-4-6-12-23-18/h1-12,24H,13-16,21H2. The second-order valence-electron chi connectivity index (χ2n) is 5.87. The molecule has 3 N–H and O–H groups in total. The lowest BCUT2D eigenvalue weighted by atomic mass is 10.2. The summed E-state index contributed by atoms with van der Waals surface area (Å²) in [5.74, 6) is 0. The van der Waals surface area contributed by atoms with Crippen LogP contribution in [0.1, 0.15) is 11.4 Å². The molecule has 0 fully saturated rings. The molecule has 5 nitrogen and oxygen atoms in total. The molecule has 0 amide bonds. The number of aromatic nitrogens is 2. The Balaban J connectivity index is 1.62. The molecule has 0 saturated carbocycles. The summed E-state index contributed by atoms with van der Waals surface area (Å²) in [7, 11) is 0. The molecule has 3 aromatic rings. The summed E-state index contributed by atoms with van der Waals surface area (Å²) in [6.07, 6.45) is 3.66. The van der Waals surface area contributed by atoms with Crippen molar-refractivity contribution in [3.63, 3.8) is 0 Å². The van der Waals surface area contributed by atoms with Gasteiger partial charge in [-0.25, -0.2) is 0 Å². The third-order valence-corrected chi connectivity index (χ3v) is 3.93. The Bertz CT molecular complexity index is 720. The van der Waals surface area contributed by atoms with Crippen molar-refractivity contribution in [3.05, 3.63) is 84.4 Å². The largest absolute Gasteiger partial charge is 0.397 e. The summed E-state index contributed by atoms with van der Waals surface area (Å²) in [5.41, 5.74) is 9.83. The molecule has 0 aliphatic heterocycles. The molecule has 0 saturated heterocycles. The van der Waals surface area contributed by atoms with Crippen LogP contribution < -0.4 is 11.1 Å². The fourth-order valence-electron chi connectivity index (χ4n) is 2.66. The Morgan fingerprint density at radius 1 is 0.800 bits per heavy atom. The van der Waals surface area contributed by atoms with Gasteiger partial charge in [0.25, 0.3) is 0 Å². The summed E-state index contributed by atoms with van der Waals surface area (Å²) in [5, 5.41) is 3.41. The number of nitrogens with one attached hydrogen (secondary N) is 1. The van der Waals surface area contributed by atoms with Crippen LogP contribution in [0.25, 0.3) is 0 Å². The van der Waals surface area contributed by atoms with E-state index in [0.717, 1.165) is 48.9 Å². The number of nitrogen functional groups attached to an aromatic ring is 1. The van der Waals surface area contributed by atoms with Crippen LogP contribution in [0.2, 0.25) is 0 Å². The van der Waals surface area contributed by atoms with Gasteiger partial charge in [-0.15, -0.1) is 0 Å². The monoisotopic (exact) mass is 333 g/mol. The van der Waals surface area contributed by atoms with Gasteiger partial charge in [0.15, 0.2) is 0 Å². The number of hydrogen-bond donors (Lipinski definition) is 2. The van der Waals surface area contributed by atoms with Gasteiger partial charge in [0, 0.05) is 38.6 Å². The van der Waals surface area contributed by atoms with Crippen molar-refractivity contribution in [1.29, 1.82) is 0 Å². The Morgan fingerprint density at radius 3 is 1.96 bits per heavy atom. The van der Waals surface area contributed by atoms with E-state index in [1.807, 2.05) is 73.1 Å². The Kier molecular flexibility index (Phi) is 5.96. The first-order valence-electron chi connectivity index (χ1n) is 8.42. The summed E-state index contributed by atoms with van der Waals surface area (Å²) >= 11 is 0. The van der Waals surface area contributed by atoms with Gasteiger partial charge in [0.2, 0.25) is 0 Å². The minimum absolute atomic E-state index is 0.767. The Labute approximate surface area is 148 Å². The van der Waals surface area contributed by atoms with Crippen LogP contribution in [-0.4, -0.2) is 28.0 Å². The molecule has 128 valence electrons. The van der Waals surface area contributed by atoms with Crippen LogP contribution in [0.3, 0.4) is 0 Å². The van der Waals surface area contributed by atoms with E-state index >= 15 is 0 Å². The minimum atomic E-state index is 0.767. The Morgan fingerprint density at radius 2 is 1.40 bits per heavy atom. The molecule has 0 spiro atoms. The quantitative estimate of drug-likeness (QED) is 0.620. The maximum atomic E-state index is 5.99. The summed E-state index contributed by atoms with van der Waals surface area (Å²) < 4.78 is 0. The summed E-state index contributed by atoms with van der Waals surface area (Å²) in [6.45, 7) is 3.22. The van der Waals surface area contributed by atoms with Crippen molar-refractivity contribution >= 4 is 11.4 Å². The predicted octanol–water partition coefficient (Wildman–Crippen LogP) is 3.17. The highest BCUT2D eigenvalue weighted by molar-refractivity contribution is 5.65. The highest BCUT2D eigenvalue weighted by Gasteiger charge is 2.09. The fraction of sp³-hybridized carbons (Fsp3) is 0.200. The van der Waals surface area contributed by atoms with Crippen LogP contribution in [0.5, 0.6) is 0 Å². The molecule has 0 atom stereocenters. The first-order chi connectivity index (χ1) is 12.3. The number of nitrogens with zero attached hydrogens (tertiary/aromatic N) is 3. The molecule has 0 unspecified atom stereocenters. The first-order valence-corrected chi connectivity index (χ1v) is 8.42. The lowest BCUT2D eigenvalue weighted by Crippen LogP contribution is -2.29. The van der Waals surface area contributed by atoms with E-state index in [1.54, 1.807) is 0 Å². The predicted molar refractivity (Wildman–Crippen MR) is 102 cm³/mol. The zero-order valence-corrected chi connectivity index (χ0v) is 14.2. The maximum absolute atomic E-state index is 5.99. The molecule has 2 heterocycles. The molecule has 0 bridgehead atoms. The van der Waals surface area contributed by atoms with Crippen molar-refractivity contribution in [2.24, 2.45) is 0 Å². The van der Waals surface area contributed by atoms with Crippen molar-refractivity contribution < 1.29 is 0 Å². The van der Waals surface area contributed by atoms with Crippen molar-refractivity contribution in [1.82, 2.24) is 14.9 Å². The number of nitrogens with two attached hydrogens (primary N) is 1. The highest BCUT2D eigenvalue weighted by Crippen LogP contribution is 2.16. The van der Waals surface area contributed by atoms with Gasteiger partial charge in [0.05, 0.1) is 22.8 Å². The molecule has 3 rings (SSSR count). The van der Waals surface area contributed by atoms with Crippen molar-refractivity contribution in [2.75, 3.05) is 24.1 Å². The van der Waals surface area contributed by atoms with Crippen LogP contribution >= 0.6 is 0 Å². The zero-order chi connectivity index (χ0) is 17.3. The molecule has 0 aliphatic carbocycles. The summed E-state index contributed by atoms with van der Waals surface area (Å²) in [6, 6.07) is 19.8. The third kappa shape index (κ3) is 5.29. The minimum Gasteiger partial charge on any atom is -0.397 e. The van der Waals surface area contributed by atoms with Gasteiger partial charge in [-0.1, -0.05) is 24.3 Å².